The molecule has 1 aromatic carbocycles. The average molecular weight is 312 g/mol. The van der Waals surface area contributed by atoms with Crippen molar-refractivity contribution in [3.05, 3.63) is 52.6 Å². The minimum absolute atomic E-state index is 0.262. The lowest BCUT2D eigenvalue weighted by molar-refractivity contribution is 0.419. The largest absolute Gasteiger partial charge is 0.502 e. The lowest BCUT2D eigenvalue weighted by atomic mass is 10.4. The van der Waals surface area contributed by atoms with Crippen molar-refractivity contribution in [3.63, 3.8) is 0 Å². The Kier molecular flexibility index (Phi) is 4.20. The molecular formula is C13H12O5S2. The second-order valence-electron chi connectivity index (χ2n) is 4.13. The molecule has 0 aliphatic heterocycles. The lowest BCUT2D eigenvalue weighted by Gasteiger charge is -2.03. The van der Waals surface area contributed by atoms with Crippen LogP contribution in [0.15, 0.2) is 55.6 Å². The zero-order valence-corrected chi connectivity index (χ0v) is 12.2. The lowest BCUT2D eigenvalue weighted by Crippen LogP contribution is -1.99. The van der Waals surface area contributed by atoms with Gasteiger partial charge in [0.25, 0.3) is 0 Å². The first-order valence-corrected chi connectivity index (χ1v) is 8.47. The monoisotopic (exact) mass is 312 g/mol. The molecular weight excluding hydrogens is 300 g/mol. The van der Waals surface area contributed by atoms with Crippen molar-refractivity contribution in [3.8, 4) is 5.75 Å². The van der Waals surface area contributed by atoms with Crippen molar-refractivity contribution in [2.24, 2.45) is 0 Å². The molecule has 1 aromatic heterocycles. The molecule has 0 aliphatic rings. The van der Waals surface area contributed by atoms with Gasteiger partial charge in [-0.2, -0.15) is 0 Å². The second kappa shape index (κ2) is 5.72. The van der Waals surface area contributed by atoms with Gasteiger partial charge < -0.3 is 9.52 Å². The van der Waals surface area contributed by atoms with Crippen molar-refractivity contribution in [2.75, 3.05) is 6.26 Å². The number of sulfone groups is 1. The van der Waals surface area contributed by atoms with E-state index in [1.54, 1.807) is 12.1 Å². The number of aromatic hydroxyl groups is 1. The van der Waals surface area contributed by atoms with Gasteiger partial charge in [0.05, 0.1) is 10.6 Å². The van der Waals surface area contributed by atoms with E-state index in [1.807, 2.05) is 0 Å². The summed E-state index contributed by atoms with van der Waals surface area (Å²) in [6.07, 6.45) is 2.16. The number of benzene rings is 1. The van der Waals surface area contributed by atoms with Crippen LogP contribution in [0.25, 0.3) is 0 Å². The van der Waals surface area contributed by atoms with Crippen molar-refractivity contribution >= 4 is 21.6 Å². The summed E-state index contributed by atoms with van der Waals surface area (Å²) in [5.41, 5.74) is -0.487. The molecule has 0 unspecified atom stereocenters. The molecule has 20 heavy (non-hydrogen) atoms. The zero-order chi connectivity index (χ0) is 14.8. The first-order chi connectivity index (χ1) is 9.36. The van der Waals surface area contributed by atoms with Crippen LogP contribution in [0.5, 0.6) is 5.75 Å². The quantitative estimate of drug-likeness (QED) is 0.870. The van der Waals surface area contributed by atoms with Crippen LogP contribution < -0.4 is 5.43 Å². The molecule has 2 aromatic rings. The normalized spacial score (nSPS) is 11.4. The molecule has 0 amide bonds. The highest BCUT2D eigenvalue weighted by molar-refractivity contribution is 7.98. The molecule has 0 saturated carbocycles. The fraction of sp³-hybridized carbons (Fsp3) is 0.154. The fourth-order valence-corrected chi connectivity index (χ4v) is 2.88. The Morgan fingerprint density at radius 3 is 2.45 bits per heavy atom. The van der Waals surface area contributed by atoms with E-state index in [0.29, 0.717) is 11.5 Å². The van der Waals surface area contributed by atoms with Gasteiger partial charge in [-0.1, -0.05) is 0 Å². The van der Waals surface area contributed by atoms with Crippen LogP contribution in [0.4, 0.5) is 0 Å². The van der Waals surface area contributed by atoms with E-state index in [-0.39, 0.29) is 4.90 Å². The summed E-state index contributed by atoms with van der Waals surface area (Å²) in [6, 6.07) is 7.68. The number of thioether (sulfide) groups is 1. The van der Waals surface area contributed by atoms with Gasteiger partial charge in [0.15, 0.2) is 15.6 Å². The number of hydrogen-bond acceptors (Lipinski definition) is 6. The van der Waals surface area contributed by atoms with Gasteiger partial charge in [-0.15, -0.1) is 11.8 Å². The van der Waals surface area contributed by atoms with Gasteiger partial charge in [-0.25, -0.2) is 8.42 Å². The van der Waals surface area contributed by atoms with Crippen molar-refractivity contribution in [2.45, 2.75) is 15.5 Å². The highest BCUT2D eigenvalue weighted by Gasteiger charge is 2.07. The molecule has 1 N–H and O–H groups in total. The van der Waals surface area contributed by atoms with Crippen LogP contribution in [0.1, 0.15) is 5.76 Å². The Morgan fingerprint density at radius 1 is 1.25 bits per heavy atom. The first-order valence-electron chi connectivity index (χ1n) is 5.60. The summed E-state index contributed by atoms with van der Waals surface area (Å²) < 4.78 is 27.7. The van der Waals surface area contributed by atoms with Crippen LogP contribution in [-0.2, 0) is 15.6 Å². The first kappa shape index (κ1) is 14.7. The maximum atomic E-state index is 11.3. The molecule has 0 radical (unpaired) electrons. The summed E-state index contributed by atoms with van der Waals surface area (Å²) in [5.74, 6) is 0.425. The van der Waals surface area contributed by atoms with E-state index in [4.69, 9.17) is 9.52 Å². The van der Waals surface area contributed by atoms with Crippen LogP contribution in [-0.4, -0.2) is 19.8 Å². The minimum Gasteiger partial charge on any atom is -0.502 e. The summed E-state index contributed by atoms with van der Waals surface area (Å²) in [6.45, 7) is 0. The Bertz CT molecular complexity index is 760. The van der Waals surface area contributed by atoms with Gasteiger partial charge >= 0.3 is 0 Å². The zero-order valence-electron chi connectivity index (χ0n) is 10.6. The third-order valence-electron chi connectivity index (χ3n) is 2.50. The van der Waals surface area contributed by atoms with E-state index in [9.17, 15) is 13.2 Å². The highest BCUT2D eigenvalue weighted by Crippen LogP contribution is 2.24. The van der Waals surface area contributed by atoms with E-state index in [2.05, 4.69) is 0 Å². The number of rotatable bonds is 4. The van der Waals surface area contributed by atoms with E-state index >= 15 is 0 Å². The van der Waals surface area contributed by atoms with Gasteiger partial charge in [0, 0.05) is 17.2 Å². The summed E-state index contributed by atoms with van der Waals surface area (Å²) in [5, 5.41) is 9.07. The second-order valence-corrected chi connectivity index (χ2v) is 7.19. The van der Waals surface area contributed by atoms with E-state index in [0.717, 1.165) is 17.4 Å². The molecule has 106 valence electrons. The topological polar surface area (TPSA) is 84.6 Å². The molecule has 5 nitrogen and oxygen atoms in total. The Balaban J connectivity index is 2.07. The van der Waals surface area contributed by atoms with Crippen LogP contribution >= 0.6 is 11.8 Å². The Morgan fingerprint density at radius 2 is 1.90 bits per heavy atom. The van der Waals surface area contributed by atoms with E-state index in [1.165, 1.54) is 30.0 Å². The predicted octanol–water partition coefficient (Wildman–Crippen LogP) is 2.04. The molecule has 0 spiro atoms. The molecule has 1 heterocycles. The van der Waals surface area contributed by atoms with Gasteiger partial charge in [-0.3, -0.25) is 4.79 Å². The van der Waals surface area contributed by atoms with Crippen molar-refractivity contribution in [1.29, 1.82) is 0 Å². The molecule has 0 atom stereocenters. The average Bonchev–Trinajstić information content (AvgIpc) is 2.40. The van der Waals surface area contributed by atoms with Crippen molar-refractivity contribution in [1.82, 2.24) is 0 Å². The Hall–Kier alpha value is -1.73. The predicted molar refractivity (Wildman–Crippen MR) is 75.8 cm³/mol. The van der Waals surface area contributed by atoms with E-state index < -0.39 is 21.0 Å². The molecule has 0 fully saturated rings. The van der Waals surface area contributed by atoms with Gasteiger partial charge in [-0.05, 0) is 24.3 Å². The van der Waals surface area contributed by atoms with Crippen LogP contribution in [0.3, 0.4) is 0 Å². The molecule has 2 rings (SSSR count). The smallest absolute Gasteiger partial charge is 0.226 e. The van der Waals surface area contributed by atoms with Crippen molar-refractivity contribution < 1.29 is 17.9 Å². The number of hydrogen-bond donors (Lipinski definition) is 1. The van der Waals surface area contributed by atoms with Gasteiger partial charge in [0.1, 0.15) is 12.0 Å². The SMILES string of the molecule is CS(=O)(=O)c1ccc(SCc2cc(=O)c(O)co2)cc1. The van der Waals surface area contributed by atoms with Gasteiger partial charge in [0.2, 0.25) is 5.43 Å². The Labute approximate surface area is 120 Å². The minimum atomic E-state index is -3.19. The van der Waals surface area contributed by atoms with Crippen LogP contribution in [0.2, 0.25) is 0 Å². The maximum Gasteiger partial charge on any atom is 0.226 e. The summed E-state index contributed by atoms with van der Waals surface area (Å²) in [7, 11) is -3.19. The molecule has 0 bridgehead atoms. The maximum absolute atomic E-state index is 11.3. The third-order valence-corrected chi connectivity index (χ3v) is 4.66. The van der Waals surface area contributed by atoms with Crippen LogP contribution in [0, 0.1) is 0 Å². The highest BCUT2D eigenvalue weighted by atomic mass is 32.2. The molecule has 0 saturated heterocycles. The summed E-state index contributed by atoms with van der Waals surface area (Å²) in [4.78, 5) is 12.3. The molecule has 7 heteroatoms. The third kappa shape index (κ3) is 3.64. The molecule has 0 aliphatic carbocycles. The standard InChI is InChI=1S/C13H12O5S2/c1-20(16,17)11-4-2-10(3-5-11)19-8-9-6-12(14)13(15)7-18-9/h2-7,15H,8H2,1H3. The fourth-order valence-electron chi connectivity index (χ4n) is 1.46. The summed E-state index contributed by atoms with van der Waals surface area (Å²) >= 11 is 1.40.